The normalized spacial score (nSPS) is 11.8. The van der Waals surface area contributed by atoms with E-state index >= 15 is 0 Å². The monoisotopic (exact) mass is 392 g/mol. The van der Waals surface area contributed by atoms with Gasteiger partial charge in [-0.2, -0.15) is 5.10 Å². The highest BCUT2D eigenvalue weighted by Crippen LogP contribution is 2.28. The minimum Gasteiger partial charge on any atom is -0.489 e. The predicted molar refractivity (Wildman–Crippen MR) is 104 cm³/mol. The fourth-order valence-electron chi connectivity index (χ4n) is 1.94. The molecule has 0 aliphatic heterocycles. The molecule has 0 radical (unpaired) electrons. The quantitative estimate of drug-likeness (QED) is 0.409. The Bertz CT molecular complexity index is 809. The molecule has 2 rings (SSSR count). The Labute approximate surface area is 162 Å². The first-order valence-electron chi connectivity index (χ1n) is 7.78. The standard InChI is InChI=1S/C19H18Cl2N2O3/c1-3-10-25-17-7-5-4-6-14(17)12-22-23-19(24)13(2)26-18-9-8-15(20)11-16(18)21/h3-9,11-13H,1,10H2,2H3,(H,23,24)/b22-12+. The lowest BCUT2D eigenvalue weighted by atomic mass is 10.2. The molecule has 2 aromatic rings. The van der Waals surface area contributed by atoms with E-state index in [1.807, 2.05) is 18.2 Å². The molecule has 5 nitrogen and oxygen atoms in total. The number of halogens is 2. The van der Waals surface area contributed by atoms with Crippen LogP contribution in [0.25, 0.3) is 0 Å². The number of para-hydroxylation sites is 1. The highest BCUT2D eigenvalue weighted by Gasteiger charge is 2.15. The van der Waals surface area contributed by atoms with Crippen molar-refractivity contribution in [2.75, 3.05) is 6.61 Å². The molecular weight excluding hydrogens is 375 g/mol. The minimum absolute atomic E-state index is 0.328. The van der Waals surface area contributed by atoms with E-state index in [0.717, 1.165) is 5.56 Å². The first-order valence-corrected chi connectivity index (χ1v) is 8.54. The molecule has 7 heteroatoms. The summed E-state index contributed by atoms with van der Waals surface area (Å²) in [5, 5.41) is 4.76. The molecule has 0 heterocycles. The Morgan fingerprint density at radius 2 is 2.04 bits per heavy atom. The van der Waals surface area contributed by atoms with E-state index < -0.39 is 12.0 Å². The van der Waals surface area contributed by atoms with Crippen LogP contribution in [0.4, 0.5) is 0 Å². The number of amides is 1. The maximum absolute atomic E-state index is 12.1. The number of hydrogen-bond donors (Lipinski definition) is 1. The van der Waals surface area contributed by atoms with E-state index in [2.05, 4.69) is 17.1 Å². The number of carbonyl (C=O) groups is 1. The zero-order chi connectivity index (χ0) is 18.9. The van der Waals surface area contributed by atoms with E-state index in [-0.39, 0.29) is 0 Å². The summed E-state index contributed by atoms with van der Waals surface area (Å²) in [6.07, 6.45) is 2.35. The van der Waals surface area contributed by atoms with Crippen LogP contribution in [0.15, 0.2) is 60.2 Å². The van der Waals surface area contributed by atoms with Gasteiger partial charge in [0.1, 0.15) is 18.1 Å². The molecular formula is C19H18Cl2N2O3. The van der Waals surface area contributed by atoms with Crippen molar-refractivity contribution in [1.82, 2.24) is 5.43 Å². The lowest BCUT2D eigenvalue weighted by Gasteiger charge is -2.14. The average molecular weight is 393 g/mol. The molecule has 1 N–H and O–H groups in total. The van der Waals surface area contributed by atoms with Gasteiger partial charge in [0, 0.05) is 10.6 Å². The summed E-state index contributed by atoms with van der Waals surface area (Å²) in [5.41, 5.74) is 3.15. The van der Waals surface area contributed by atoms with Crippen molar-refractivity contribution < 1.29 is 14.3 Å². The molecule has 2 aromatic carbocycles. The fraction of sp³-hybridized carbons (Fsp3) is 0.158. The summed E-state index contributed by atoms with van der Waals surface area (Å²) >= 11 is 11.9. The van der Waals surface area contributed by atoms with Crippen LogP contribution >= 0.6 is 23.2 Å². The molecule has 1 unspecified atom stereocenters. The average Bonchev–Trinajstić information content (AvgIpc) is 2.63. The summed E-state index contributed by atoms with van der Waals surface area (Å²) in [6, 6.07) is 12.1. The van der Waals surface area contributed by atoms with E-state index in [0.29, 0.717) is 28.2 Å². The highest BCUT2D eigenvalue weighted by molar-refractivity contribution is 6.35. The zero-order valence-corrected chi connectivity index (χ0v) is 15.6. The van der Waals surface area contributed by atoms with Gasteiger partial charge in [0.25, 0.3) is 5.91 Å². The van der Waals surface area contributed by atoms with Crippen LogP contribution in [0.2, 0.25) is 10.0 Å². The summed E-state index contributed by atoms with van der Waals surface area (Å²) in [6.45, 7) is 5.58. The SMILES string of the molecule is C=CCOc1ccccc1/C=N/NC(=O)C(C)Oc1ccc(Cl)cc1Cl. The molecule has 0 spiro atoms. The number of nitrogens with zero attached hydrogens (tertiary/aromatic N) is 1. The Morgan fingerprint density at radius 1 is 1.27 bits per heavy atom. The number of nitrogens with one attached hydrogen (secondary N) is 1. The van der Waals surface area contributed by atoms with Gasteiger partial charge >= 0.3 is 0 Å². The van der Waals surface area contributed by atoms with Crippen LogP contribution in [-0.4, -0.2) is 24.8 Å². The van der Waals surface area contributed by atoms with Crippen molar-refractivity contribution in [1.29, 1.82) is 0 Å². The van der Waals surface area contributed by atoms with Crippen LogP contribution in [-0.2, 0) is 4.79 Å². The lowest BCUT2D eigenvalue weighted by Crippen LogP contribution is -2.33. The maximum atomic E-state index is 12.1. The Balaban J connectivity index is 1.95. The van der Waals surface area contributed by atoms with Gasteiger partial charge in [-0.25, -0.2) is 5.43 Å². The third-order valence-electron chi connectivity index (χ3n) is 3.22. The van der Waals surface area contributed by atoms with Gasteiger partial charge in [0.15, 0.2) is 6.10 Å². The zero-order valence-electron chi connectivity index (χ0n) is 14.1. The van der Waals surface area contributed by atoms with Crippen molar-refractivity contribution in [3.8, 4) is 11.5 Å². The van der Waals surface area contributed by atoms with Crippen LogP contribution in [0.5, 0.6) is 11.5 Å². The molecule has 0 aliphatic rings. The van der Waals surface area contributed by atoms with Crippen LogP contribution in [0.3, 0.4) is 0 Å². The third-order valence-corrected chi connectivity index (χ3v) is 3.75. The van der Waals surface area contributed by atoms with Crippen LogP contribution < -0.4 is 14.9 Å². The van der Waals surface area contributed by atoms with Crippen molar-refractivity contribution >= 4 is 35.3 Å². The first-order chi connectivity index (χ1) is 12.5. The molecule has 0 aromatic heterocycles. The minimum atomic E-state index is -0.793. The summed E-state index contributed by atoms with van der Waals surface area (Å²) in [4.78, 5) is 12.1. The second-order valence-corrected chi connectivity index (χ2v) is 6.05. The molecule has 0 fully saturated rings. The van der Waals surface area contributed by atoms with Gasteiger partial charge in [-0.1, -0.05) is 48.0 Å². The van der Waals surface area contributed by atoms with E-state index in [4.69, 9.17) is 32.7 Å². The highest BCUT2D eigenvalue weighted by atomic mass is 35.5. The van der Waals surface area contributed by atoms with E-state index in [1.54, 1.807) is 37.3 Å². The van der Waals surface area contributed by atoms with Crippen LogP contribution in [0.1, 0.15) is 12.5 Å². The number of rotatable bonds is 8. The largest absolute Gasteiger partial charge is 0.489 e. The van der Waals surface area contributed by atoms with E-state index in [1.165, 1.54) is 6.21 Å². The Morgan fingerprint density at radius 3 is 2.77 bits per heavy atom. The van der Waals surface area contributed by atoms with Crippen molar-refractivity contribution in [3.63, 3.8) is 0 Å². The van der Waals surface area contributed by atoms with Crippen molar-refractivity contribution in [2.45, 2.75) is 13.0 Å². The summed E-state index contributed by atoms with van der Waals surface area (Å²) in [5.74, 6) is 0.588. The Hall–Kier alpha value is -2.50. The van der Waals surface area contributed by atoms with Gasteiger partial charge < -0.3 is 9.47 Å². The van der Waals surface area contributed by atoms with Gasteiger partial charge in [-0.05, 0) is 37.3 Å². The fourth-order valence-corrected chi connectivity index (χ4v) is 2.39. The number of ether oxygens (including phenoxy) is 2. The molecule has 26 heavy (non-hydrogen) atoms. The number of benzene rings is 2. The molecule has 0 saturated heterocycles. The van der Waals surface area contributed by atoms with Gasteiger partial charge in [-0.15, -0.1) is 0 Å². The first kappa shape index (κ1) is 19.8. The van der Waals surface area contributed by atoms with Crippen LogP contribution in [0, 0.1) is 0 Å². The molecule has 136 valence electrons. The van der Waals surface area contributed by atoms with Crippen molar-refractivity contribution in [2.24, 2.45) is 5.10 Å². The number of hydrazone groups is 1. The molecule has 0 bridgehead atoms. The molecule has 1 atom stereocenters. The molecule has 1 amide bonds. The summed E-state index contributed by atoms with van der Waals surface area (Å²) in [7, 11) is 0. The number of hydrogen-bond acceptors (Lipinski definition) is 4. The number of carbonyl (C=O) groups excluding carboxylic acids is 1. The van der Waals surface area contributed by atoms with Gasteiger partial charge in [0.05, 0.1) is 11.2 Å². The van der Waals surface area contributed by atoms with E-state index in [9.17, 15) is 4.79 Å². The summed E-state index contributed by atoms with van der Waals surface area (Å²) < 4.78 is 11.1. The van der Waals surface area contributed by atoms with Gasteiger partial charge in [-0.3, -0.25) is 4.79 Å². The third kappa shape index (κ3) is 5.79. The second-order valence-electron chi connectivity index (χ2n) is 5.21. The molecule has 0 saturated carbocycles. The predicted octanol–water partition coefficient (Wildman–Crippen LogP) is 4.48. The maximum Gasteiger partial charge on any atom is 0.280 e. The topological polar surface area (TPSA) is 59.9 Å². The smallest absolute Gasteiger partial charge is 0.280 e. The second kappa shape index (κ2) is 9.85. The molecule has 0 aliphatic carbocycles. The Kier molecular flexibility index (Phi) is 7.51. The van der Waals surface area contributed by atoms with Gasteiger partial charge in [0.2, 0.25) is 0 Å². The van der Waals surface area contributed by atoms with Crippen molar-refractivity contribution in [3.05, 3.63) is 70.7 Å². The lowest BCUT2D eigenvalue weighted by molar-refractivity contribution is -0.127.